The van der Waals surface area contributed by atoms with Crippen LogP contribution in [0.1, 0.15) is 0 Å². The van der Waals surface area contributed by atoms with Gasteiger partial charge in [0.2, 0.25) is 0 Å². The molecule has 0 aliphatic heterocycles. The van der Waals surface area contributed by atoms with E-state index >= 15 is 0 Å². The third-order valence-corrected chi connectivity index (χ3v) is 8.14. The summed E-state index contributed by atoms with van der Waals surface area (Å²) in [5, 5.41) is 5.27. The van der Waals surface area contributed by atoms with Gasteiger partial charge in [-0.15, -0.1) is 0 Å². The summed E-state index contributed by atoms with van der Waals surface area (Å²) in [5.74, 6) is 0.740. The molecule has 0 bridgehead atoms. The van der Waals surface area contributed by atoms with Crippen LogP contribution in [0.4, 0.5) is 17.2 Å². The van der Waals surface area contributed by atoms with Gasteiger partial charge in [-0.05, 0) is 70.4 Å². The summed E-state index contributed by atoms with van der Waals surface area (Å²) in [4.78, 5) is 11.9. The molecule has 0 aliphatic carbocycles. The first-order valence-corrected chi connectivity index (χ1v) is 14.2. The molecule has 0 radical (unpaired) electrons. The predicted octanol–water partition coefficient (Wildman–Crippen LogP) is 10.6. The standard InChI is InChI=1S/C38H23N3O2/c1-2-8-24(9-3-1)25-15-16-27-21-28(18-17-26(27)20-25)41(31-11-6-13-33-37(31)38-34(43-33)14-7-19-39-38)36-22-35-30(23-40-36)29-10-4-5-12-32(29)42-35/h1-23H. The molecule has 4 heterocycles. The van der Waals surface area contributed by atoms with Gasteiger partial charge in [0.15, 0.2) is 5.58 Å². The summed E-state index contributed by atoms with van der Waals surface area (Å²) in [5.41, 5.74) is 8.25. The number of hydrogen-bond acceptors (Lipinski definition) is 5. The molecule has 5 aromatic carbocycles. The molecule has 0 aliphatic rings. The topological polar surface area (TPSA) is 55.3 Å². The number of aromatic nitrogens is 2. The van der Waals surface area contributed by atoms with E-state index in [4.69, 9.17) is 18.8 Å². The third kappa shape index (κ3) is 3.79. The first-order chi connectivity index (χ1) is 21.3. The molecule has 0 saturated carbocycles. The van der Waals surface area contributed by atoms with Gasteiger partial charge < -0.3 is 8.83 Å². The van der Waals surface area contributed by atoms with Crippen LogP contribution >= 0.6 is 0 Å². The molecule has 202 valence electrons. The van der Waals surface area contributed by atoms with Crippen molar-refractivity contribution in [1.82, 2.24) is 9.97 Å². The molecule has 0 spiro atoms. The SMILES string of the molecule is c1ccc(-c2ccc3cc(N(c4cc5oc6ccccc6c5cn4)c4cccc5oc6cccnc6c45)ccc3c2)cc1. The van der Waals surface area contributed by atoms with Crippen LogP contribution < -0.4 is 4.90 Å². The first-order valence-electron chi connectivity index (χ1n) is 14.2. The number of furan rings is 2. The lowest BCUT2D eigenvalue weighted by atomic mass is 10.0. The Balaban J connectivity index is 1.28. The van der Waals surface area contributed by atoms with E-state index in [1.54, 1.807) is 6.20 Å². The largest absolute Gasteiger partial charge is 0.456 e. The summed E-state index contributed by atoms with van der Waals surface area (Å²) < 4.78 is 12.5. The maximum absolute atomic E-state index is 6.29. The van der Waals surface area contributed by atoms with Crippen molar-refractivity contribution in [2.24, 2.45) is 0 Å². The normalized spacial score (nSPS) is 11.7. The molecule has 0 atom stereocenters. The number of pyridine rings is 2. The van der Waals surface area contributed by atoms with Gasteiger partial charge in [0.1, 0.15) is 28.1 Å². The highest BCUT2D eigenvalue weighted by Crippen LogP contribution is 2.43. The van der Waals surface area contributed by atoms with Gasteiger partial charge in [-0.3, -0.25) is 9.88 Å². The summed E-state index contributed by atoms with van der Waals surface area (Å²) in [6, 6.07) is 43.6. The van der Waals surface area contributed by atoms with Gasteiger partial charge in [0.05, 0.1) is 11.1 Å². The number of rotatable bonds is 4. The van der Waals surface area contributed by atoms with E-state index in [1.807, 2.05) is 60.8 Å². The molecule has 9 rings (SSSR count). The third-order valence-electron chi connectivity index (χ3n) is 8.14. The summed E-state index contributed by atoms with van der Waals surface area (Å²) in [6.45, 7) is 0. The van der Waals surface area contributed by atoms with E-state index < -0.39 is 0 Å². The Labute approximate surface area is 246 Å². The fourth-order valence-electron chi connectivity index (χ4n) is 6.12. The van der Waals surface area contributed by atoms with Crippen molar-refractivity contribution in [2.75, 3.05) is 4.90 Å². The maximum atomic E-state index is 6.29. The Morgan fingerprint density at radius 2 is 1.30 bits per heavy atom. The number of benzene rings is 5. The molecule has 0 amide bonds. The van der Waals surface area contributed by atoms with Gasteiger partial charge in [-0.25, -0.2) is 4.98 Å². The van der Waals surface area contributed by atoms with Gasteiger partial charge >= 0.3 is 0 Å². The minimum Gasteiger partial charge on any atom is -0.456 e. The van der Waals surface area contributed by atoms with Crippen LogP contribution in [0.3, 0.4) is 0 Å². The highest BCUT2D eigenvalue weighted by atomic mass is 16.3. The fraction of sp³-hybridized carbons (Fsp3) is 0. The number of hydrogen-bond donors (Lipinski definition) is 0. The Bertz CT molecular complexity index is 2480. The van der Waals surface area contributed by atoms with E-state index in [0.29, 0.717) is 0 Å². The minimum absolute atomic E-state index is 0.740. The molecule has 0 fully saturated rings. The Morgan fingerprint density at radius 1 is 0.512 bits per heavy atom. The lowest BCUT2D eigenvalue weighted by Gasteiger charge is -2.25. The highest BCUT2D eigenvalue weighted by molar-refractivity contribution is 6.12. The molecule has 5 nitrogen and oxygen atoms in total. The number of fused-ring (bicyclic) bond motifs is 7. The molecule has 9 aromatic rings. The molecule has 43 heavy (non-hydrogen) atoms. The second kappa shape index (κ2) is 9.29. The van der Waals surface area contributed by atoms with Crippen molar-refractivity contribution in [3.8, 4) is 11.1 Å². The van der Waals surface area contributed by atoms with Crippen molar-refractivity contribution in [1.29, 1.82) is 0 Å². The van der Waals surface area contributed by atoms with Crippen LogP contribution in [0.2, 0.25) is 0 Å². The molecule has 4 aromatic heterocycles. The highest BCUT2D eigenvalue weighted by Gasteiger charge is 2.22. The van der Waals surface area contributed by atoms with Crippen LogP contribution in [0.5, 0.6) is 0 Å². The Morgan fingerprint density at radius 3 is 2.26 bits per heavy atom. The van der Waals surface area contributed by atoms with Crippen molar-refractivity contribution in [3.05, 3.63) is 140 Å². The van der Waals surface area contributed by atoms with Crippen molar-refractivity contribution in [2.45, 2.75) is 0 Å². The summed E-state index contributed by atoms with van der Waals surface area (Å²) >= 11 is 0. The van der Waals surface area contributed by atoms with Crippen molar-refractivity contribution in [3.63, 3.8) is 0 Å². The fourth-order valence-corrected chi connectivity index (χ4v) is 6.12. The van der Waals surface area contributed by atoms with E-state index in [2.05, 4.69) is 77.7 Å². The number of para-hydroxylation sites is 1. The van der Waals surface area contributed by atoms with Gasteiger partial charge in [0, 0.05) is 34.9 Å². The van der Waals surface area contributed by atoms with Gasteiger partial charge in [0.25, 0.3) is 0 Å². The van der Waals surface area contributed by atoms with Crippen LogP contribution in [-0.4, -0.2) is 9.97 Å². The number of anilines is 3. The van der Waals surface area contributed by atoms with Crippen LogP contribution in [0.15, 0.2) is 149 Å². The Hall–Kier alpha value is -5.94. The lowest BCUT2D eigenvalue weighted by Crippen LogP contribution is -2.12. The van der Waals surface area contributed by atoms with Gasteiger partial charge in [-0.2, -0.15) is 0 Å². The molecule has 5 heteroatoms. The average Bonchev–Trinajstić information content (AvgIpc) is 3.63. The lowest BCUT2D eigenvalue weighted by molar-refractivity contribution is 0.668. The molecule has 0 unspecified atom stereocenters. The quantitative estimate of drug-likeness (QED) is 0.217. The zero-order valence-electron chi connectivity index (χ0n) is 22.9. The molecule has 0 saturated heterocycles. The Kier molecular flexibility index (Phi) is 5.13. The van der Waals surface area contributed by atoms with E-state index in [0.717, 1.165) is 66.6 Å². The van der Waals surface area contributed by atoms with E-state index in [-0.39, 0.29) is 0 Å². The van der Waals surface area contributed by atoms with Crippen LogP contribution in [0.25, 0.3) is 65.9 Å². The van der Waals surface area contributed by atoms with Crippen LogP contribution in [-0.2, 0) is 0 Å². The summed E-state index contributed by atoms with van der Waals surface area (Å²) in [6.07, 6.45) is 3.71. The van der Waals surface area contributed by atoms with Crippen molar-refractivity contribution >= 4 is 72.0 Å². The van der Waals surface area contributed by atoms with E-state index in [9.17, 15) is 0 Å². The average molecular weight is 554 g/mol. The van der Waals surface area contributed by atoms with Gasteiger partial charge in [-0.1, -0.05) is 72.8 Å². The molecular weight excluding hydrogens is 530 g/mol. The molecule has 0 N–H and O–H groups in total. The second-order valence-corrected chi connectivity index (χ2v) is 10.7. The summed E-state index contributed by atoms with van der Waals surface area (Å²) in [7, 11) is 0. The zero-order chi connectivity index (χ0) is 28.3. The van der Waals surface area contributed by atoms with E-state index in [1.165, 1.54) is 16.5 Å². The monoisotopic (exact) mass is 553 g/mol. The predicted molar refractivity (Wildman–Crippen MR) is 174 cm³/mol. The molecular formula is C38H23N3O2. The zero-order valence-corrected chi connectivity index (χ0v) is 22.9. The first kappa shape index (κ1) is 23.7. The maximum Gasteiger partial charge on any atom is 0.153 e. The van der Waals surface area contributed by atoms with Crippen LogP contribution in [0, 0.1) is 0 Å². The minimum atomic E-state index is 0.740. The second-order valence-electron chi connectivity index (χ2n) is 10.7. The van der Waals surface area contributed by atoms with Crippen molar-refractivity contribution < 1.29 is 8.83 Å². The smallest absolute Gasteiger partial charge is 0.153 e. The number of nitrogens with zero attached hydrogens (tertiary/aromatic N) is 3.